The molecule has 0 aromatic heterocycles. The first-order valence-corrected chi connectivity index (χ1v) is 8.49. The van der Waals surface area contributed by atoms with Gasteiger partial charge in [-0.05, 0) is 42.7 Å². The summed E-state index contributed by atoms with van der Waals surface area (Å²) in [6, 6.07) is 13.5. The average Bonchev–Trinajstić information content (AvgIpc) is 3.50. The van der Waals surface area contributed by atoms with Gasteiger partial charge < -0.3 is 9.64 Å². The van der Waals surface area contributed by atoms with Gasteiger partial charge in [-0.3, -0.25) is 4.79 Å². The van der Waals surface area contributed by atoms with Crippen LogP contribution in [0.15, 0.2) is 54.6 Å². The standard InChI is InChI=1S/C21H20FNO3/c1-26-21(25)16-9-6-15(7-10-16)8-13-20(24)23(18-11-12-18)14-17-4-2-3-5-19(17)22/h2-10,13,18H,11-12,14H2,1H3/b13-8+. The molecule has 0 aliphatic heterocycles. The van der Waals surface area contributed by atoms with E-state index >= 15 is 0 Å². The van der Waals surface area contributed by atoms with Crippen LogP contribution in [0.3, 0.4) is 0 Å². The number of esters is 1. The quantitative estimate of drug-likeness (QED) is 0.586. The number of amides is 1. The van der Waals surface area contributed by atoms with E-state index in [0.717, 1.165) is 18.4 Å². The zero-order valence-corrected chi connectivity index (χ0v) is 14.5. The van der Waals surface area contributed by atoms with E-state index in [2.05, 4.69) is 4.74 Å². The van der Waals surface area contributed by atoms with Crippen LogP contribution in [0.4, 0.5) is 4.39 Å². The molecule has 5 heteroatoms. The van der Waals surface area contributed by atoms with Gasteiger partial charge in [0.25, 0.3) is 0 Å². The van der Waals surface area contributed by atoms with Crippen molar-refractivity contribution in [3.8, 4) is 0 Å². The summed E-state index contributed by atoms with van der Waals surface area (Å²) in [5, 5.41) is 0. The molecule has 1 amide bonds. The Hall–Kier alpha value is -2.95. The van der Waals surface area contributed by atoms with Crippen LogP contribution in [0.5, 0.6) is 0 Å². The molecule has 2 aromatic carbocycles. The van der Waals surface area contributed by atoms with Crippen LogP contribution in [0, 0.1) is 5.82 Å². The molecule has 0 radical (unpaired) electrons. The summed E-state index contributed by atoms with van der Waals surface area (Å²) in [5.41, 5.74) is 1.77. The Labute approximate surface area is 151 Å². The molecule has 0 heterocycles. The molecule has 2 aromatic rings. The van der Waals surface area contributed by atoms with E-state index < -0.39 is 5.97 Å². The molecule has 0 saturated heterocycles. The van der Waals surface area contributed by atoms with Gasteiger partial charge in [-0.25, -0.2) is 9.18 Å². The van der Waals surface area contributed by atoms with Gasteiger partial charge in [0, 0.05) is 24.2 Å². The van der Waals surface area contributed by atoms with Crippen molar-refractivity contribution in [2.24, 2.45) is 0 Å². The van der Waals surface area contributed by atoms with Gasteiger partial charge in [-0.15, -0.1) is 0 Å². The number of carbonyl (C=O) groups excluding carboxylic acids is 2. The summed E-state index contributed by atoms with van der Waals surface area (Å²) < 4.78 is 18.5. The number of methoxy groups -OCH3 is 1. The van der Waals surface area contributed by atoms with Crippen LogP contribution in [0.25, 0.3) is 6.08 Å². The van der Waals surface area contributed by atoms with Gasteiger partial charge in [0.2, 0.25) is 5.91 Å². The van der Waals surface area contributed by atoms with Gasteiger partial charge in [-0.2, -0.15) is 0 Å². The lowest BCUT2D eigenvalue weighted by molar-refractivity contribution is -0.127. The highest BCUT2D eigenvalue weighted by atomic mass is 19.1. The zero-order chi connectivity index (χ0) is 18.5. The second kappa shape index (κ2) is 7.95. The Kier molecular flexibility index (Phi) is 5.46. The van der Waals surface area contributed by atoms with Crippen LogP contribution in [0.1, 0.15) is 34.3 Å². The Bertz CT molecular complexity index is 825. The van der Waals surface area contributed by atoms with Crippen molar-refractivity contribution in [3.63, 3.8) is 0 Å². The minimum absolute atomic E-state index is 0.146. The van der Waals surface area contributed by atoms with Crippen molar-refractivity contribution in [3.05, 3.63) is 77.1 Å². The maximum atomic E-state index is 13.9. The molecule has 0 bridgehead atoms. The molecule has 1 aliphatic carbocycles. The van der Waals surface area contributed by atoms with E-state index in [9.17, 15) is 14.0 Å². The normalized spacial score (nSPS) is 13.6. The molecule has 134 valence electrons. The lowest BCUT2D eigenvalue weighted by Gasteiger charge is -2.21. The monoisotopic (exact) mass is 353 g/mol. The van der Waals surface area contributed by atoms with Gasteiger partial charge in [-0.1, -0.05) is 30.3 Å². The Morgan fingerprint density at radius 3 is 2.46 bits per heavy atom. The molecular weight excluding hydrogens is 333 g/mol. The highest BCUT2D eigenvalue weighted by molar-refractivity contribution is 5.93. The molecule has 0 unspecified atom stereocenters. The first kappa shape index (κ1) is 17.9. The van der Waals surface area contributed by atoms with E-state index in [1.165, 1.54) is 19.3 Å². The lowest BCUT2D eigenvalue weighted by atomic mass is 10.1. The fourth-order valence-corrected chi connectivity index (χ4v) is 2.69. The lowest BCUT2D eigenvalue weighted by Crippen LogP contribution is -2.31. The van der Waals surface area contributed by atoms with Crippen molar-refractivity contribution < 1.29 is 18.7 Å². The zero-order valence-electron chi connectivity index (χ0n) is 14.5. The number of hydrogen-bond acceptors (Lipinski definition) is 3. The number of carbonyl (C=O) groups is 2. The smallest absolute Gasteiger partial charge is 0.337 e. The maximum absolute atomic E-state index is 13.9. The van der Waals surface area contributed by atoms with E-state index in [4.69, 9.17) is 0 Å². The predicted octanol–water partition coefficient (Wildman–Crippen LogP) is 3.82. The minimum atomic E-state index is -0.401. The first-order valence-electron chi connectivity index (χ1n) is 8.49. The summed E-state index contributed by atoms with van der Waals surface area (Å²) in [6.45, 7) is 0.266. The fraction of sp³-hybridized carbons (Fsp3) is 0.238. The van der Waals surface area contributed by atoms with Gasteiger partial charge in [0.15, 0.2) is 0 Å². The van der Waals surface area contributed by atoms with E-state index in [1.807, 2.05) is 0 Å². The summed E-state index contributed by atoms with van der Waals surface area (Å²) in [4.78, 5) is 25.7. The number of ether oxygens (including phenoxy) is 1. The molecule has 1 saturated carbocycles. The molecule has 0 spiro atoms. The van der Waals surface area contributed by atoms with Crippen LogP contribution >= 0.6 is 0 Å². The molecule has 1 fully saturated rings. The predicted molar refractivity (Wildman–Crippen MR) is 96.8 cm³/mol. The summed E-state index contributed by atoms with van der Waals surface area (Å²) in [7, 11) is 1.33. The largest absolute Gasteiger partial charge is 0.465 e. The number of halogens is 1. The van der Waals surface area contributed by atoms with Crippen molar-refractivity contribution >= 4 is 18.0 Å². The highest BCUT2D eigenvalue weighted by Gasteiger charge is 2.31. The third-order valence-electron chi connectivity index (χ3n) is 4.32. The second-order valence-electron chi connectivity index (χ2n) is 6.24. The Morgan fingerprint density at radius 1 is 1.15 bits per heavy atom. The maximum Gasteiger partial charge on any atom is 0.337 e. The van der Waals surface area contributed by atoms with Crippen molar-refractivity contribution in [1.82, 2.24) is 4.90 Å². The minimum Gasteiger partial charge on any atom is -0.465 e. The summed E-state index contributed by atoms with van der Waals surface area (Å²) >= 11 is 0. The first-order chi connectivity index (χ1) is 12.6. The second-order valence-corrected chi connectivity index (χ2v) is 6.24. The third-order valence-corrected chi connectivity index (χ3v) is 4.32. The third kappa shape index (κ3) is 4.36. The van der Waals surface area contributed by atoms with Crippen molar-refractivity contribution in [1.29, 1.82) is 0 Å². The Morgan fingerprint density at radius 2 is 1.85 bits per heavy atom. The molecule has 4 nitrogen and oxygen atoms in total. The van der Waals surface area contributed by atoms with Crippen LogP contribution in [-0.4, -0.2) is 29.9 Å². The number of benzene rings is 2. The van der Waals surface area contributed by atoms with Crippen LogP contribution in [-0.2, 0) is 16.1 Å². The fourth-order valence-electron chi connectivity index (χ4n) is 2.69. The van der Waals surface area contributed by atoms with Crippen molar-refractivity contribution in [2.45, 2.75) is 25.4 Å². The van der Waals surface area contributed by atoms with Crippen molar-refractivity contribution in [2.75, 3.05) is 7.11 Å². The van der Waals surface area contributed by atoms with E-state index in [-0.39, 0.29) is 24.3 Å². The average molecular weight is 353 g/mol. The van der Waals surface area contributed by atoms with Crippen LogP contribution in [0.2, 0.25) is 0 Å². The van der Waals surface area contributed by atoms with Gasteiger partial charge in [0.05, 0.1) is 12.7 Å². The molecule has 3 rings (SSSR count). The molecule has 1 aliphatic rings. The summed E-state index contributed by atoms with van der Waals surface area (Å²) in [6.07, 6.45) is 5.08. The van der Waals surface area contributed by atoms with E-state index in [1.54, 1.807) is 53.4 Å². The molecule has 0 N–H and O–H groups in total. The SMILES string of the molecule is COC(=O)c1ccc(/C=C/C(=O)N(Cc2ccccc2F)C2CC2)cc1. The number of hydrogen-bond donors (Lipinski definition) is 0. The summed E-state index contributed by atoms with van der Waals surface area (Å²) in [5.74, 6) is -0.845. The molecule has 26 heavy (non-hydrogen) atoms. The number of nitrogens with zero attached hydrogens (tertiary/aromatic N) is 1. The topological polar surface area (TPSA) is 46.6 Å². The molecular formula is C21H20FNO3. The van der Waals surface area contributed by atoms with Gasteiger partial charge >= 0.3 is 5.97 Å². The van der Waals surface area contributed by atoms with Gasteiger partial charge in [0.1, 0.15) is 5.82 Å². The van der Waals surface area contributed by atoms with Crippen LogP contribution < -0.4 is 0 Å². The number of rotatable bonds is 6. The highest BCUT2D eigenvalue weighted by Crippen LogP contribution is 2.29. The van der Waals surface area contributed by atoms with E-state index in [0.29, 0.717) is 11.1 Å². The molecule has 0 atom stereocenters. The Balaban J connectivity index is 1.69.